The van der Waals surface area contributed by atoms with Gasteiger partial charge in [-0.25, -0.2) is 4.79 Å². The predicted molar refractivity (Wildman–Crippen MR) is 67.1 cm³/mol. The summed E-state index contributed by atoms with van der Waals surface area (Å²) in [7, 11) is 0. The maximum atomic E-state index is 11.3. The fraction of sp³-hybridized carbons (Fsp3) is 0. The molecule has 5 nitrogen and oxygen atoms in total. The molecule has 0 saturated carbocycles. The number of fused-ring (bicyclic) bond motifs is 2. The van der Waals surface area contributed by atoms with Crippen molar-refractivity contribution in [2.45, 2.75) is 0 Å². The van der Waals surface area contributed by atoms with E-state index in [1.54, 1.807) is 12.1 Å². The summed E-state index contributed by atoms with van der Waals surface area (Å²) in [5.41, 5.74) is -1.02. The lowest BCUT2D eigenvalue weighted by molar-refractivity contribution is 0.430. The average Bonchev–Trinajstić information content (AvgIpc) is 2.38. The third-order valence-corrected chi connectivity index (χ3v) is 2.81. The number of nitroso groups, excluding NO2 is 1. The monoisotopic (exact) mass is 241 g/mol. The summed E-state index contributed by atoms with van der Waals surface area (Å²) in [5.74, 6) is -0.757. The van der Waals surface area contributed by atoms with Crippen LogP contribution >= 0.6 is 0 Å². The van der Waals surface area contributed by atoms with Gasteiger partial charge in [-0.1, -0.05) is 24.3 Å². The van der Waals surface area contributed by atoms with Crippen LogP contribution in [0.2, 0.25) is 0 Å². The van der Waals surface area contributed by atoms with Crippen LogP contribution in [-0.4, -0.2) is 5.11 Å². The lowest BCUT2D eigenvalue weighted by atomic mass is 10.1. The van der Waals surface area contributed by atoms with Crippen molar-refractivity contribution in [1.82, 2.24) is 0 Å². The van der Waals surface area contributed by atoms with Gasteiger partial charge in [-0.2, -0.15) is 0 Å². The Morgan fingerprint density at radius 2 is 1.78 bits per heavy atom. The molecule has 0 saturated heterocycles. The molecule has 18 heavy (non-hydrogen) atoms. The van der Waals surface area contributed by atoms with E-state index in [1.807, 2.05) is 24.3 Å². The van der Waals surface area contributed by atoms with Crippen molar-refractivity contribution in [2.75, 3.05) is 0 Å². The zero-order valence-corrected chi connectivity index (χ0v) is 9.08. The third-order valence-electron chi connectivity index (χ3n) is 2.81. The molecule has 0 fully saturated rings. The van der Waals surface area contributed by atoms with Crippen LogP contribution in [0, 0.1) is 4.91 Å². The molecule has 0 unspecified atom stereocenters. The summed E-state index contributed by atoms with van der Waals surface area (Å²) in [6.45, 7) is 0. The Morgan fingerprint density at radius 3 is 2.44 bits per heavy atom. The van der Waals surface area contributed by atoms with Gasteiger partial charge in [0.2, 0.25) is 5.75 Å². The summed E-state index contributed by atoms with van der Waals surface area (Å²) in [5, 5.41) is 14.2. The first kappa shape index (κ1) is 10.5. The molecule has 0 atom stereocenters. The summed E-state index contributed by atoms with van der Waals surface area (Å²) < 4.78 is 4.94. The molecular formula is C13H7NO4. The zero-order chi connectivity index (χ0) is 12.7. The molecule has 2 aromatic carbocycles. The van der Waals surface area contributed by atoms with Gasteiger partial charge in [0.25, 0.3) is 0 Å². The number of aromatic hydroxyl groups is 1. The Balaban J connectivity index is 2.58. The van der Waals surface area contributed by atoms with Crippen LogP contribution in [0.1, 0.15) is 0 Å². The van der Waals surface area contributed by atoms with Gasteiger partial charge in [0.1, 0.15) is 5.58 Å². The normalized spacial score (nSPS) is 10.9. The fourth-order valence-corrected chi connectivity index (χ4v) is 1.95. The van der Waals surface area contributed by atoms with Gasteiger partial charge in [0.05, 0.1) is 5.39 Å². The summed E-state index contributed by atoms with van der Waals surface area (Å²) in [4.78, 5) is 22.1. The molecule has 0 radical (unpaired) electrons. The Bertz CT molecular complexity index is 835. The first-order chi connectivity index (χ1) is 8.70. The van der Waals surface area contributed by atoms with Gasteiger partial charge in [0.15, 0.2) is 5.69 Å². The molecule has 0 aliphatic heterocycles. The Labute approximate surface area is 100 Å². The Kier molecular flexibility index (Phi) is 2.13. The quantitative estimate of drug-likeness (QED) is 0.403. The van der Waals surface area contributed by atoms with E-state index in [2.05, 4.69) is 5.18 Å². The smallest absolute Gasteiger partial charge is 0.381 e. The van der Waals surface area contributed by atoms with E-state index in [0.29, 0.717) is 5.39 Å². The van der Waals surface area contributed by atoms with E-state index in [0.717, 1.165) is 10.8 Å². The molecule has 1 N–H and O–H groups in total. The van der Waals surface area contributed by atoms with E-state index < -0.39 is 11.4 Å². The highest BCUT2D eigenvalue weighted by Crippen LogP contribution is 2.34. The van der Waals surface area contributed by atoms with E-state index >= 15 is 0 Å². The van der Waals surface area contributed by atoms with Crippen molar-refractivity contribution in [2.24, 2.45) is 5.18 Å². The molecular weight excluding hydrogens is 234 g/mol. The van der Waals surface area contributed by atoms with E-state index in [9.17, 15) is 14.8 Å². The molecule has 0 aliphatic rings. The first-order valence-corrected chi connectivity index (χ1v) is 5.22. The summed E-state index contributed by atoms with van der Waals surface area (Å²) in [6, 6.07) is 10.7. The molecule has 88 valence electrons. The Hall–Kier alpha value is -2.69. The predicted octanol–water partition coefficient (Wildman–Crippen LogP) is 3.05. The topological polar surface area (TPSA) is 79.9 Å². The minimum atomic E-state index is -0.965. The van der Waals surface area contributed by atoms with Gasteiger partial charge in [-0.3, -0.25) is 0 Å². The molecule has 3 aromatic rings. The largest absolute Gasteiger partial charge is 0.500 e. The average molecular weight is 241 g/mol. The molecule has 0 bridgehead atoms. The highest BCUT2D eigenvalue weighted by atomic mass is 16.4. The maximum absolute atomic E-state index is 11.3. The van der Waals surface area contributed by atoms with Crippen LogP contribution in [0.4, 0.5) is 5.69 Å². The summed E-state index contributed by atoms with van der Waals surface area (Å²) >= 11 is 0. The Morgan fingerprint density at radius 1 is 1.11 bits per heavy atom. The molecule has 1 aromatic heterocycles. The molecule has 0 spiro atoms. The van der Waals surface area contributed by atoms with Crippen LogP contribution in [0.25, 0.3) is 21.7 Å². The van der Waals surface area contributed by atoms with Crippen LogP contribution in [-0.2, 0) is 0 Å². The zero-order valence-electron chi connectivity index (χ0n) is 9.08. The number of nitrogens with zero attached hydrogens (tertiary/aromatic N) is 1. The molecule has 0 amide bonds. The second-order valence-corrected chi connectivity index (χ2v) is 3.87. The van der Waals surface area contributed by atoms with E-state index in [1.165, 1.54) is 0 Å². The van der Waals surface area contributed by atoms with Crippen molar-refractivity contribution in [1.29, 1.82) is 0 Å². The third kappa shape index (κ3) is 1.37. The van der Waals surface area contributed by atoms with E-state index in [-0.39, 0.29) is 11.3 Å². The SMILES string of the molecule is O=Nc1c(O)c(=O)oc2cc3ccccc3cc12. The lowest BCUT2D eigenvalue weighted by Crippen LogP contribution is -1.98. The van der Waals surface area contributed by atoms with Gasteiger partial charge >= 0.3 is 5.63 Å². The van der Waals surface area contributed by atoms with Crippen molar-refractivity contribution >= 4 is 27.4 Å². The van der Waals surface area contributed by atoms with Gasteiger partial charge < -0.3 is 9.52 Å². The highest BCUT2D eigenvalue weighted by Gasteiger charge is 2.14. The number of rotatable bonds is 1. The van der Waals surface area contributed by atoms with Crippen LogP contribution in [0.5, 0.6) is 5.75 Å². The van der Waals surface area contributed by atoms with Gasteiger partial charge in [-0.15, -0.1) is 4.91 Å². The standard InChI is InChI=1S/C13H7NO4/c15-12-11(14-17)9-5-7-3-1-2-4-8(7)6-10(9)18-13(12)16/h1-6,15H. The maximum Gasteiger partial charge on any atom is 0.381 e. The van der Waals surface area contributed by atoms with Crippen molar-refractivity contribution < 1.29 is 9.52 Å². The van der Waals surface area contributed by atoms with Crippen molar-refractivity contribution in [3.8, 4) is 5.75 Å². The minimum Gasteiger partial charge on any atom is -0.500 e. The van der Waals surface area contributed by atoms with Gasteiger partial charge in [0, 0.05) is 0 Å². The molecule has 1 heterocycles. The van der Waals surface area contributed by atoms with Crippen molar-refractivity contribution in [3.05, 3.63) is 51.7 Å². The number of hydrogen-bond acceptors (Lipinski definition) is 5. The second kappa shape index (κ2) is 3.66. The molecule has 0 aliphatic carbocycles. The van der Waals surface area contributed by atoms with Crippen LogP contribution in [0.3, 0.4) is 0 Å². The molecule has 3 rings (SSSR count). The fourth-order valence-electron chi connectivity index (χ4n) is 1.95. The van der Waals surface area contributed by atoms with Gasteiger partial charge in [-0.05, 0) is 28.1 Å². The summed E-state index contributed by atoms with van der Waals surface area (Å²) in [6.07, 6.45) is 0. The van der Waals surface area contributed by atoms with E-state index in [4.69, 9.17) is 4.42 Å². The van der Waals surface area contributed by atoms with Crippen molar-refractivity contribution in [3.63, 3.8) is 0 Å². The van der Waals surface area contributed by atoms with Crippen LogP contribution in [0.15, 0.2) is 50.8 Å². The second-order valence-electron chi connectivity index (χ2n) is 3.87. The number of benzene rings is 2. The van der Waals surface area contributed by atoms with Crippen LogP contribution < -0.4 is 5.63 Å². The number of hydrogen-bond donors (Lipinski definition) is 1. The first-order valence-electron chi connectivity index (χ1n) is 5.22. The molecule has 5 heteroatoms. The minimum absolute atomic E-state index is 0.228. The highest BCUT2D eigenvalue weighted by molar-refractivity contribution is 6.01. The lowest BCUT2D eigenvalue weighted by Gasteiger charge is -2.03.